The zero-order valence-corrected chi connectivity index (χ0v) is 11.9. The SMILES string of the molecule is CCNC1(C(N)=O)CCC(SCC2CCCO2)C1. The molecule has 3 N–H and O–H groups in total. The van der Waals surface area contributed by atoms with Crippen molar-refractivity contribution in [2.75, 3.05) is 18.9 Å². The molecule has 2 rings (SSSR count). The molecule has 3 atom stereocenters. The number of nitrogens with two attached hydrogens (primary N) is 1. The molecule has 0 radical (unpaired) electrons. The fourth-order valence-corrected chi connectivity index (χ4v) is 4.41. The zero-order valence-electron chi connectivity index (χ0n) is 11.1. The van der Waals surface area contributed by atoms with Crippen LogP contribution in [0.25, 0.3) is 0 Å². The van der Waals surface area contributed by atoms with E-state index in [9.17, 15) is 4.79 Å². The normalized spacial score (nSPS) is 36.1. The Morgan fingerprint density at radius 1 is 1.56 bits per heavy atom. The van der Waals surface area contributed by atoms with Crippen molar-refractivity contribution < 1.29 is 9.53 Å². The summed E-state index contributed by atoms with van der Waals surface area (Å²) in [5.41, 5.74) is 5.11. The molecule has 1 heterocycles. The van der Waals surface area contributed by atoms with E-state index in [1.54, 1.807) is 0 Å². The second-order valence-corrected chi connectivity index (χ2v) is 6.64. The number of carbonyl (C=O) groups excluding carboxylic acids is 1. The van der Waals surface area contributed by atoms with Gasteiger partial charge in [-0.1, -0.05) is 6.92 Å². The Balaban J connectivity index is 1.80. The highest BCUT2D eigenvalue weighted by Gasteiger charge is 2.43. The van der Waals surface area contributed by atoms with Gasteiger partial charge in [-0.2, -0.15) is 11.8 Å². The molecule has 18 heavy (non-hydrogen) atoms. The van der Waals surface area contributed by atoms with E-state index in [4.69, 9.17) is 10.5 Å². The molecule has 2 aliphatic rings. The lowest BCUT2D eigenvalue weighted by molar-refractivity contribution is -0.124. The Bertz CT molecular complexity index is 295. The summed E-state index contributed by atoms with van der Waals surface area (Å²) < 4.78 is 5.63. The first-order valence-corrected chi connectivity index (χ1v) is 7.99. The van der Waals surface area contributed by atoms with E-state index in [-0.39, 0.29) is 5.91 Å². The number of rotatable bonds is 6. The fraction of sp³-hybridized carbons (Fsp3) is 0.923. The minimum absolute atomic E-state index is 0.190. The average Bonchev–Trinajstić information content (AvgIpc) is 2.96. The van der Waals surface area contributed by atoms with Crippen molar-refractivity contribution >= 4 is 17.7 Å². The summed E-state index contributed by atoms with van der Waals surface area (Å²) in [6.07, 6.45) is 5.63. The molecule has 1 saturated carbocycles. The maximum atomic E-state index is 11.6. The highest BCUT2D eigenvalue weighted by atomic mass is 32.2. The van der Waals surface area contributed by atoms with Crippen LogP contribution in [-0.4, -0.2) is 41.7 Å². The van der Waals surface area contributed by atoms with E-state index in [0.717, 1.165) is 38.2 Å². The van der Waals surface area contributed by atoms with Crippen molar-refractivity contribution in [3.63, 3.8) is 0 Å². The van der Waals surface area contributed by atoms with Gasteiger partial charge in [0.15, 0.2) is 0 Å². The van der Waals surface area contributed by atoms with Crippen LogP contribution in [0.1, 0.15) is 39.0 Å². The van der Waals surface area contributed by atoms with Gasteiger partial charge in [-0.05, 0) is 38.6 Å². The molecule has 1 aliphatic heterocycles. The molecule has 2 fully saturated rings. The summed E-state index contributed by atoms with van der Waals surface area (Å²) >= 11 is 1.95. The van der Waals surface area contributed by atoms with E-state index in [1.807, 2.05) is 18.7 Å². The van der Waals surface area contributed by atoms with Gasteiger partial charge in [0, 0.05) is 17.6 Å². The largest absolute Gasteiger partial charge is 0.377 e. The van der Waals surface area contributed by atoms with Crippen LogP contribution in [0, 0.1) is 0 Å². The molecule has 0 aromatic heterocycles. The van der Waals surface area contributed by atoms with Crippen LogP contribution in [0.15, 0.2) is 0 Å². The summed E-state index contributed by atoms with van der Waals surface area (Å²) in [6.45, 7) is 3.74. The summed E-state index contributed by atoms with van der Waals surface area (Å²) in [7, 11) is 0. The van der Waals surface area contributed by atoms with Crippen LogP contribution in [0.4, 0.5) is 0 Å². The van der Waals surface area contributed by atoms with Crippen LogP contribution in [0.3, 0.4) is 0 Å². The van der Waals surface area contributed by atoms with Crippen molar-refractivity contribution in [1.29, 1.82) is 0 Å². The molecule has 5 heteroatoms. The lowest BCUT2D eigenvalue weighted by atomic mass is 9.97. The van der Waals surface area contributed by atoms with E-state index < -0.39 is 5.54 Å². The van der Waals surface area contributed by atoms with E-state index in [0.29, 0.717) is 11.4 Å². The summed E-state index contributed by atoms with van der Waals surface area (Å²) in [6, 6.07) is 0. The van der Waals surface area contributed by atoms with Crippen molar-refractivity contribution in [2.45, 2.75) is 55.9 Å². The first-order valence-electron chi connectivity index (χ1n) is 6.94. The summed E-state index contributed by atoms with van der Waals surface area (Å²) in [4.78, 5) is 11.6. The van der Waals surface area contributed by atoms with Gasteiger partial charge in [-0.25, -0.2) is 0 Å². The molecule has 104 valence electrons. The number of primary amides is 1. The average molecular weight is 272 g/mol. The topological polar surface area (TPSA) is 64.3 Å². The number of likely N-dealkylation sites (N-methyl/N-ethyl adjacent to an activating group) is 1. The van der Waals surface area contributed by atoms with Gasteiger partial charge in [0.05, 0.1) is 11.6 Å². The molecule has 0 aromatic carbocycles. The summed E-state index contributed by atoms with van der Waals surface area (Å²) in [5.74, 6) is 0.871. The van der Waals surface area contributed by atoms with E-state index in [2.05, 4.69) is 5.32 Å². The third kappa shape index (κ3) is 3.19. The minimum Gasteiger partial charge on any atom is -0.377 e. The van der Waals surface area contributed by atoms with Crippen molar-refractivity contribution in [3.05, 3.63) is 0 Å². The van der Waals surface area contributed by atoms with Gasteiger partial charge < -0.3 is 15.8 Å². The third-order valence-electron chi connectivity index (χ3n) is 4.00. The smallest absolute Gasteiger partial charge is 0.237 e. The number of thioether (sulfide) groups is 1. The Hall–Kier alpha value is -0.260. The second kappa shape index (κ2) is 6.26. The predicted molar refractivity (Wildman–Crippen MR) is 74.7 cm³/mol. The highest BCUT2D eigenvalue weighted by molar-refractivity contribution is 7.99. The van der Waals surface area contributed by atoms with Crippen LogP contribution in [0.2, 0.25) is 0 Å². The molecule has 4 nitrogen and oxygen atoms in total. The predicted octanol–water partition coefficient (Wildman–Crippen LogP) is 1.28. The Morgan fingerprint density at radius 2 is 2.39 bits per heavy atom. The molecule has 0 bridgehead atoms. The number of hydrogen-bond acceptors (Lipinski definition) is 4. The summed E-state index contributed by atoms with van der Waals surface area (Å²) in [5, 5.41) is 3.84. The molecule has 1 saturated heterocycles. The monoisotopic (exact) mass is 272 g/mol. The van der Waals surface area contributed by atoms with Crippen molar-refractivity contribution in [2.24, 2.45) is 5.73 Å². The van der Waals surface area contributed by atoms with Crippen LogP contribution >= 0.6 is 11.8 Å². The quantitative estimate of drug-likeness (QED) is 0.764. The zero-order chi connectivity index (χ0) is 13.0. The number of hydrogen-bond donors (Lipinski definition) is 2. The maximum absolute atomic E-state index is 11.6. The maximum Gasteiger partial charge on any atom is 0.237 e. The molecule has 0 spiro atoms. The lowest BCUT2D eigenvalue weighted by Gasteiger charge is -2.26. The second-order valence-electron chi connectivity index (χ2n) is 5.31. The number of nitrogens with one attached hydrogen (secondary N) is 1. The molecule has 1 aliphatic carbocycles. The van der Waals surface area contributed by atoms with Gasteiger partial charge >= 0.3 is 0 Å². The molecular weight excluding hydrogens is 248 g/mol. The van der Waals surface area contributed by atoms with Gasteiger partial charge in [-0.15, -0.1) is 0 Å². The third-order valence-corrected chi connectivity index (χ3v) is 5.44. The number of ether oxygens (including phenoxy) is 1. The Kier molecular flexibility index (Phi) is 4.92. The lowest BCUT2D eigenvalue weighted by Crippen LogP contribution is -2.53. The molecular formula is C13H24N2O2S. The Labute approximate surface area is 113 Å². The Morgan fingerprint density at radius 3 is 3.00 bits per heavy atom. The van der Waals surface area contributed by atoms with Crippen molar-refractivity contribution in [1.82, 2.24) is 5.32 Å². The van der Waals surface area contributed by atoms with Gasteiger partial charge in [0.1, 0.15) is 0 Å². The number of amides is 1. The first kappa shape index (κ1) is 14.2. The van der Waals surface area contributed by atoms with Crippen LogP contribution < -0.4 is 11.1 Å². The van der Waals surface area contributed by atoms with Crippen LogP contribution in [0.5, 0.6) is 0 Å². The molecule has 0 aromatic rings. The standard InChI is InChI=1S/C13H24N2O2S/c1-2-15-13(12(14)16)6-5-11(8-13)18-9-10-4-3-7-17-10/h10-11,15H,2-9H2,1H3,(H2,14,16). The molecule has 1 amide bonds. The minimum atomic E-state index is -0.455. The van der Waals surface area contributed by atoms with Gasteiger partial charge in [0.2, 0.25) is 5.91 Å². The first-order chi connectivity index (χ1) is 8.66. The van der Waals surface area contributed by atoms with Gasteiger partial charge in [0.25, 0.3) is 0 Å². The van der Waals surface area contributed by atoms with Crippen molar-refractivity contribution in [3.8, 4) is 0 Å². The van der Waals surface area contributed by atoms with Gasteiger partial charge in [-0.3, -0.25) is 4.79 Å². The van der Waals surface area contributed by atoms with E-state index in [1.165, 1.54) is 12.8 Å². The highest BCUT2D eigenvalue weighted by Crippen LogP contribution is 2.38. The van der Waals surface area contributed by atoms with E-state index >= 15 is 0 Å². The molecule has 3 unspecified atom stereocenters. The van der Waals surface area contributed by atoms with Crippen LogP contribution in [-0.2, 0) is 9.53 Å². The number of carbonyl (C=O) groups is 1. The fourth-order valence-electron chi connectivity index (χ4n) is 2.97.